The Morgan fingerprint density at radius 1 is 1.28 bits per heavy atom. The Bertz CT molecular complexity index is 869. The summed E-state index contributed by atoms with van der Waals surface area (Å²) in [5.41, 5.74) is 0.794. The second-order valence-electron chi connectivity index (χ2n) is 7.25. The highest BCUT2D eigenvalue weighted by molar-refractivity contribution is 6.00. The van der Waals surface area contributed by atoms with E-state index in [1.165, 1.54) is 0 Å². The summed E-state index contributed by atoms with van der Waals surface area (Å²) in [5.74, 6) is 1.26. The third kappa shape index (κ3) is 4.09. The minimum absolute atomic E-state index is 0. The third-order valence-corrected chi connectivity index (χ3v) is 5.54. The maximum absolute atomic E-state index is 13.3. The first-order valence-corrected chi connectivity index (χ1v) is 9.51. The number of nitrogens with one attached hydrogen (secondary N) is 1. The number of halogens is 1. The molecule has 0 radical (unpaired) electrons. The topological polar surface area (TPSA) is 79.7 Å². The molecule has 2 saturated heterocycles. The van der Waals surface area contributed by atoms with Crippen LogP contribution in [0, 0.1) is 5.92 Å². The van der Waals surface area contributed by atoms with Crippen molar-refractivity contribution in [2.45, 2.75) is 12.5 Å². The quantitative estimate of drug-likeness (QED) is 0.809. The molecule has 0 aliphatic carbocycles. The van der Waals surface area contributed by atoms with Gasteiger partial charge in [-0.3, -0.25) is 9.59 Å². The largest absolute Gasteiger partial charge is 0.497 e. The maximum atomic E-state index is 13.3. The number of carbonyl (C=O) groups is 2. The van der Waals surface area contributed by atoms with Gasteiger partial charge in [-0.2, -0.15) is 0 Å². The molecular formula is C20H26ClN5O3. The molecule has 2 fully saturated rings. The molecule has 3 heterocycles. The summed E-state index contributed by atoms with van der Waals surface area (Å²) in [6.45, 7) is 2.43. The van der Waals surface area contributed by atoms with E-state index in [0.29, 0.717) is 19.6 Å². The van der Waals surface area contributed by atoms with Crippen LogP contribution in [0.5, 0.6) is 5.75 Å². The fraction of sp³-hybridized carbons (Fsp3) is 0.450. The zero-order valence-corrected chi connectivity index (χ0v) is 17.4. The summed E-state index contributed by atoms with van der Waals surface area (Å²) < 4.78 is 7.12. The lowest BCUT2D eigenvalue weighted by Gasteiger charge is -2.37. The van der Waals surface area contributed by atoms with Crippen LogP contribution in [0.15, 0.2) is 36.7 Å². The zero-order valence-electron chi connectivity index (χ0n) is 16.6. The van der Waals surface area contributed by atoms with Crippen molar-refractivity contribution < 1.29 is 14.3 Å². The van der Waals surface area contributed by atoms with Crippen molar-refractivity contribution in [3.8, 4) is 5.75 Å². The van der Waals surface area contributed by atoms with Gasteiger partial charge in [0, 0.05) is 57.7 Å². The lowest BCUT2D eigenvalue weighted by Crippen LogP contribution is -2.51. The molecular weight excluding hydrogens is 394 g/mol. The molecule has 2 atom stereocenters. The van der Waals surface area contributed by atoms with E-state index in [0.717, 1.165) is 23.8 Å². The lowest BCUT2D eigenvalue weighted by molar-refractivity contribution is -0.139. The molecule has 0 spiro atoms. The Morgan fingerprint density at radius 3 is 2.69 bits per heavy atom. The molecule has 1 aromatic heterocycles. The summed E-state index contributed by atoms with van der Waals surface area (Å²) in [6.07, 6.45) is 3.87. The molecule has 4 rings (SSSR count). The van der Waals surface area contributed by atoms with Crippen LogP contribution in [-0.2, 0) is 16.6 Å². The van der Waals surface area contributed by atoms with Crippen molar-refractivity contribution in [2.24, 2.45) is 13.0 Å². The van der Waals surface area contributed by atoms with Gasteiger partial charge in [0.25, 0.3) is 0 Å². The van der Waals surface area contributed by atoms with E-state index in [-0.39, 0.29) is 42.6 Å². The van der Waals surface area contributed by atoms with Crippen LogP contribution in [0.2, 0.25) is 0 Å². The van der Waals surface area contributed by atoms with Crippen LogP contribution in [0.3, 0.4) is 0 Å². The third-order valence-electron chi connectivity index (χ3n) is 5.54. The predicted octanol–water partition coefficient (Wildman–Crippen LogP) is 1.38. The molecule has 2 aliphatic rings. The number of piperazine rings is 1. The van der Waals surface area contributed by atoms with Gasteiger partial charge in [0.05, 0.1) is 13.0 Å². The number of benzene rings is 1. The molecule has 2 amide bonds. The van der Waals surface area contributed by atoms with Crippen molar-refractivity contribution in [1.29, 1.82) is 0 Å². The Labute approximate surface area is 176 Å². The van der Waals surface area contributed by atoms with Crippen LogP contribution in [0.4, 0.5) is 5.69 Å². The molecule has 1 aromatic carbocycles. The minimum Gasteiger partial charge on any atom is -0.497 e. The standard InChI is InChI=1S/C20H25N5O3.ClH/c1-23-9-8-22-19(23)17-12-21-7-10-24(17)20(27)14-11-18(26)25(13-14)15-3-5-16(28-2)6-4-15;/h3-6,8-9,14,17,21H,7,10-13H2,1-2H3;1H. The van der Waals surface area contributed by atoms with Crippen molar-refractivity contribution in [2.75, 3.05) is 38.2 Å². The van der Waals surface area contributed by atoms with E-state index in [1.54, 1.807) is 18.2 Å². The molecule has 2 unspecified atom stereocenters. The van der Waals surface area contributed by atoms with E-state index >= 15 is 0 Å². The van der Waals surface area contributed by atoms with Crippen LogP contribution in [-0.4, -0.2) is 59.6 Å². The van der Waals surface area contributed by atoms with Crippen molar-refractivity contribution in [1.82, 2.24) is 19.8 Å². The van der Waals surface area contributed by atoms with Gasteiger partial charge in [0.15, 0.2) is 0 Å². The lowest BCUT2D eigenvalue weighted by atomic mass is 10.0. The summed E-state index contributed by atoms with van der Waals surface area (Å²) in [6, 6.07) is 7.23. The molecule has 8 nitrogen and oxygen atoms in total. The number of imidazole rings is 1. The van der Waals surface area contributed by atoms with Crippen molar-refractivity contribution in [3.63, 3.8) is 0 Å². The van der Waals surface area contributed by atoms with E-state index < -0.39 is 0 Å². The second-order valence-corrected chi connectivity index (χ2v) is 7.25. The molecule has 0 saturated carbocycles. The fourth-order valence-corrected chi connectivity index (χ4v) is 4.02. The molecule has 156 valence electrons. The van der Waals surface area contributed by atoms with Gasteiger partial charge in [-0.25, -0.2) is 4.98 Å². The summed E-state index contributed by atoms with van der Waals surface area (Å²) in [7, 11) is 3.54. The zero-order chi connectivity index (χ0) is 19.7. The van der Waals surface area contributed by atoms with Gasteiger partial charge in [0.1, 0.15) is 17.6 Å². The van der Waals surface area contributed by atoms with E-state index in [9.17, 15) is 9.59 Å². The summed E-state index contributed by atoms with van der Waals surface area (Å²) in [5, 5.41) is 3.34. The Morgan fingerprint density at radius 2 is 2.03 bits per heavy atom. The number of rotatable bonds is 4. The van der Waals surface area contributed by atoms with Gasteiger partial charge in [0.2, 0.25) is 11.8 Å². The first-order chi connectivity index (χ1) is 13.6. The molecule has 9 heteroatoms. The van der Waals surface area contributed by atoms with Gasteiger partial charge in [-0.05, 0) is 24.3 Å². The van der Waals surface area contributed by atoms with E-state index in [1.807, 2.05) is 47.0 Å². The van der Waals surface area contributed by atoms with Gasteiger partial charge in [-0.15, -0.1) is 12.4 Å². The number of ether oxygens (including phenoxy) is 1. The summed E-state index contributed by atoms with van der Waals surface area (Å²) in [4.78, 5) is 33.9. The van der Waals surface area contributed by atoms with Crippen LogP contribution < -0.4 is 15.0 Å². The van der Waals surface area contributed by atoms with Crippen LogP contribution in [0.25, 0.3) is 0 Å². The number of anilines is 1. The Kier molecular flexibility index (Phi) is 6.44. The average Bonchev–Trinajstić information content (AvgIpc) is 3.33. The monoisotopic (exact) mass is 419 g/mol. The van der Waals surface area contributed by atoms with Crippen LogP contribution in [0.1, 0.15) is 18.3 Å². The van der Waals surface area contributed by atoms with Crippen molar-refractivity contribution in [3.05, 3.63) is 42.5 Å². The van der Waals surface area contributed by atoms with Crippen molar-refractivity contribution >= 4 is 29.9 Å². The molecule has 2 aliphatic heterocycles. The highest BCUT2D eigenvalue weighted by atomic mass is 35.5. The second kappa shape index (κ2) is 8.84. The number of hydrogen-bond acceptors (Lipinski definition) is 5. The highest BCUT2D eigenvalue weighted by Crippen LogP contribution is 2.30. The van der Waals surface area contributed by atoms with E-state index in [2.05, 4.69) is 10.3 Å². The number of aromatic nitrogens is 2. The Hall–Kier alpha value is -2.58. The number of aryl methyl sites for hydroxylation is 1. The SMILES string of the molecule is COc1ccc(N2CC(C(=O)N3CCNCC3c3nccn3C)CC2=O)cc1.Cl. The number of methoxy groups -OCH3 is 1. The molecule has 1 N–H and O–H groups in total. The number of hydrogen-bond donors (Lipinski definition) is 1. The smallest absolute Gasteiger partial charge is 0.228 e. The van der Waals surface area contributed by atoms with E-state index in [4.69, 9.17) is 4.74 Å². The predicted molar refractivity (Wildman–Crippen MR) is 111 cm³/mol. The summed E-state index contributed by atoms with van der Waals surface area (Å²) >= 11 is 0. The van der Waals surface area contributed by atoms with Crippen LogP contribution >= 0.6 is 12.4 Å². The van der Waals surface area contributed by atoms with Gasteiger partial charge >= 0.3 is 0 Å². The molecule has 0 bridgehead atoms. The van der Waals surface area contributed by atoms with Gasteiger partial charge < -0.3 is 24.4 Å². The van der Waals surface area contributed by atoms with Gasteiger partial charge in [-0.1, -0.05) is 0 Å². The Balaban J connectivity index is 0.00000240. The maximum Gasteiger partial charge on any atom is 0.228 e. The number of nitrogens with zero attached hydrogens (tertiary/aromatic N) is 4. The average molecular weight is 420 g/mol. The normalized spacial score (nSPS) is 21.8. The fourth-order valence-electron chi connectivity index (χ4n) is 4.02. The number of carbonyl (C=O) groups excluding carboxylic acids is 2. The minimum atomic E-state index is -0.338. The first-order valence-electron chi connectivity index (χ1n) is 9.51. The highest BCUT2D eigenvalue weighted by Gasteiger charge is 2.40. The molecule has 2 aromatic rings. The molecule has 29 heavy (non-hydrogen) atoms. The first kappa shape index (κ1) is 21.1. The number of amides is 2.